The SMILES string of the molecule is O=C(C=Cc1ccc(Br)cc1)C[S+]([O-])C=Cc1ccc(Br)cc1. The molecule has 0 saturated heterocycles. The molecule has 0 aliphatic heterocycles. The molecule has 0 N–H and O–H groups in total. The van der Waals surface area contributed by atoms with E-state index in [0.29, 0.717) is 0 Å². The molecule has 0 saturated carbocycles. The Balaban J connectivity index is 1.86. The number of allylic oxidation sites excluding steroid dienone is 1. The minimum Gasteiger partial charge on any atom is -0.612 e. The van der Waals surface area contributed by atoms with E-state index < -0.39 is 11.2 Å². The average molecular weight is 454 g/mol. The molecule has 0 amide bonds. The van der Waals surface area contributed by atoms with Gasteiger partial charge in [0.05, 0.1) is 0 Å². The number of benzene rings is 2. The molecule has 0 aliphatic rings. The van der Waals surface area contributed by atoms with E-state index in [4.69, 9.17) is 0 Å². The Morgan fingerprint density at radius 3 is 1.91 bits per heavy atom. The molecular weight excluding hydrogens is 440 g/mol. The molecule has 0 aliphatic carbocycles. The zero-order valence-electron chi connectivity index (χ0n) is 12.1. The predicted octanol–water partition coefficient (Wildman–Crippen LogP) is 5.21. The van der Waals surface area contributed by atoms with Crippen LogP contribution in [0.1, 0.15) is 11.1 Å². The van der Waals surface area contributed by atoms with Crippen molar-refractivity contribution in [3.05, 3.63) is 80.1 Å². The summed E-state index contributed by atoms with van der Waals surface area (Å²) >= 11 is 5.40. The highest BCUT2D eigenvalue weighted by Crippen LogP contribution is 2.13. The molecule has 0 aromatic heterocycles. The third-order valence-electron chi connectivity index (χ3n) is 2.90. The Labute approximate surface area is 155 Å². The summed E-state index contributed by atoms with van der Waals surface area (Å²) in [6.45, 7) is 0. The van der Waals surface area contributed by atoms with E-state index in [1.165, 1.54) is 6.08 Å². The maximum atomic E-state index is 11.9. The first-order valence-corrected chi connectivity index (χ1v) is 9.77. The molecule has 0 heterocycles. The van der Waals surface area contributed by atoms with E-state index in [0.717, 1.165) is 20.1 Å². The third-order valence-corrected chi connectivity index (χ3v) is 4.96. The van der Waals surface area contributed by atoms with Crippen LogP contribution in [0.5, 0.6) is 0 Å². The summed E-state index contributed by atoms with van der Waals surface area (Å²) in [6.07, 6.45) is 4.95. The molecule has 5 heteroatoms. The molecule has 0 bridgehead atoms. The molecular formula is C18H14Br2O2S. The zero-order chi connectivity index (χ0) is 16.7. The molecule has 0 fully saturated rings. The van der Waals surface area contributed by atoms with Gasteiger partial charge in [-0.1, -0.05) is 62.2 Å². The van der Waals surface area contributed by atoms with Crippen LogP contribution in [0.15, 0.2) is 69.0 Å². The fourth-order valence-corrected chi connectivity index (χ4v) is 3.04. The lowest BCUT2D eigenvalue weighted by atomic mass is 10.2. The van der Waals surface area contributed by atoms with Gasteiger partial charge in [0.1, 0.15) is 5.41 Å². The minimum absolute atomic E-state index is 0.0138. The smallest absolute Gasteiger partial charge is 0.205 e. The number of halogens is 2. The van der Waals surface area contributed by atoms with Gasteiger partial charge in [0.15, 0.2) is 5.75 Å². The monoisotopic (exact) mass is 452 g/mol. The molecule has 2 aromatic rings. The standard InChI is InChI=1S/C18H14Br2O2S/c19-16-6-1-14(2-7-16)5-10-18(21)13-23(22)12-11-15-3-8-17(20)9-4-15/h1-12H,13H2. The van der Waals surface area contributed by atoms with Gasteiger partial charge in [-0.3, -0.25) is 4.79 Å². The van der Waals surface area contributed by atoms with Crippen LogP contribution in [0.3, 0.4) is 0 Å². The number of ketones is 1. The molecule has 2 nitrogen and oxygen atoms in total. The first kappa shape index (κ1) is 18.2. The van der Waals surface area contributed by atoms with Crippen molar-refractivity contribution in [2.45, 2.75) is 0 Å². The Morgan fingerprint density at radius 2 is 1.39 bits per heavy atom. The van der Waals surface area contributed by atoms with E-state index in [-0.39, 0.29) is 11.5 Å². The van der Waals surface area contributed by atoms with Gasteiger partial charge in [-0.05, 0) is 58.7 Å². The topological polar surface area (TPSA) is 40.1 Å². The number of hydrogen-bond acceptors (Lipinski definition) is 2. The summed E-state index contributed by atoms with van der Waals surface area (Å²) in [7, 11) is 0. The van der Waals surface area contributed by atoms with Crippen molar-refractivity contribution >= 4 is 61.0 Å². The molecule has 1 atom stereocenters. The van der Waals surface area contributed by atoms with Crippen LogP contribution in [0, 0.1) is 0 Å². The van der Waals surface area contributed by atoms with Gasteiger partial charge in [-0.15, -0.1) is 0 Å². The van der Waals surface area contributed by atoms with Gasteiger partial charge in [0.25, 0.3) is 0 Å². The second-order valence-electron chi connectivity index (χ2n) is 4.73. The number of rotatable bonds is 6. The van der Waals surface area contributed by atoms with Crippen LogP contribution < -0.4 is 0 Å². The van der Waals surface area contributed by atoms with E-state index in [1.54, 1.807) is 17.6 Å². The van der Waals surface area contributed by atoms with Crippen molar-refractivity contribution in [1.82, 2.24) is 0 Å². The van der Waals surface area contributed by atoms with Crippen LogP contribution in [0.4, 0.5) is 0 Å². The quantitative estimate of drug-likeness (QED) is 0.444. The number of carbonyl (C=O) groups is 1. The fraction of sp³-hybridized carbons (Fsp3) is 0.0556. The minimum atomic E-state index is -1.32. The van der Waals surface area contributed by atoms with Gasteiger partial charge in [0, 0.05) is 8.95 Å². The van der Waals surface area contributed by atoms with Gasteiger partial charge >= 0.3 is 0 Å². The summed E-state index contributed by atoms with van der Waals surface area (Å²) in [5.74, 6) is -0.174. The normalized spacial score (nSPS) is 12.8. The number of hydrogen-bond donors (Lipinski definition) is 0. The highest BCUT2D eigenvalue weighted by atomic mass is 79.9. The molecule has 0 radical (unpaired) electrons. The molecule has 0 spiro atoms. The summed E-state index contributed by atoms with van der Waals surface area (Å²) in [6, 6.07) is 15.3. The molecule has 2 aromatic carbocycles. The van der Waals surface area contributed by atoms with Gasteiger partial charge in [-0.25, -0.2) is 0 Å². The molecule has 1 unspecified atom stereocenters. The van der Waals surface area contributed by atoms with E-state index >= 15 is 0 Å². The fourth-order valence-electron chi connectivity index (χ4n) is 1.73. The lowest BCUT2D eigenvalue weighted by molar-refractivity contribution is -0.112. The Bertz CT molecular complexity index is 707. The second-order valence-corrected chi connectivity index (χ2v) is 7.88. The highest BCUT2D eigenvalue weighted by Gasteiger charge is 2.07. The maximum Gasteiger partial charge on any atom is 0.205 e. The van der Waals surface area contributed by atoms with Crippen molar-refractivity contribution in [2.75, 3.05) is 5.75 Å². The molecule has 2 rings (SSSR count). The Morgan fingerprint density at radius 1 is 0.913 bits per heavy atom. The molecule has 118 valence electrons. The van der Waals surface area contributed by atoms with Crippen molar-refractivity contribution in [2.24, 2.45) is 0 Å². The zero-order valence-corrected chi connectivity index (χ0v) is 16.1. The Kier molecular flexibility index (Phi) is 7.30. The Hall–Kier alpha value is -1.14. The van der Waals surface area contributed by atoms with E-state index in [9.17, 15) is 9.35 Å². The van der Waals surface area contributed by atoms with Gasteiger partial charge < -0.3 is 4.55 Å². The van der Waals surface area contributed by atoms with Crippen LogP contribution >= 0.6 is 31.9 Å². The number of carbonyl (C=O) groups excluding carboxylic acids is 1. The van der Waals surface area contributed by atoms with Gasteiger partial charge in [-0.2, -0.15) is 0 Å². The van der Waals surface area contributed by atoms with Crippen molar-refractivity contribution in [3.8, 4) is 0 Å². The van der Waals surface area contributed by atoms with E-state index in [1.807, 2.05) is 48.5 Å². The van der Waals surface area contributed by atoms with Crippen LogP contribution in [0.25, 0.3) is 12.2 Å². The van der Waals surface area contributed by atoms with Crippen LogP contribution in [-0.4, -0.2) is 16.1 Å². The molecule has 23 heavy (non-hydrogen) atoms. The first-order chi connectivity index (χ1) is 11.0. The summed E-state index contributed by atoms with van der Waals surface area (Å²) < 4.78 is 13.9. The largest absolute Gasteiger partial charge is 0.612 e. The van der Waals surface area contributed by atoms with Crippen molar-refractivity contribution in [1.29, 1.82) is 0 Å². The lowest BCUT2D eigenvalue weighted by Gasteiger charge is -2.02. The predicted molar refractivity (Wildman–Crippen MR) is 104 cm³/mol. The van der Waals surface area contributed by atoms with E-state index in [2.05, 4.69) is 31.9 Å². The first-order valence-electron chi connectivity index (χ1n) is 6.80. The van der Waals surface area contributed by atoms with Crippen LogP contribution in [0.2, 0.25) is 0 Å². The summed E-state index contributed by atoms with van der Waals surface area (Å²) in [5.41, 5.74) is 1.87. The van der Waals surface area contributed by atoms with Gasteiger partial charge in [0.2, 0.25) is 5.78 Å². The highest BCUT2D eigenvalue weighted by molar-refractivity contribution is 9.10. The summed E-state index contributed by atoms with van der Waals surface area (Å²) in [4.78, 5) is 11.8. The second kappa shape index (κ2) is 9.23. The third kappa shape index (κ3) is 6.87. The van der Waals surface area contributed by atoms with Crippen molar-refractivity contribution in [3.63, 3.8) is 0 Å². The van der Waals surface area contributed by atoms with Crippen LogP contribution in [-0.2, 0) is 16.0 Å². The summed E-state index contributed by atoms with van der Waals surface area (Å²) in [5, 5.41) is 1.55. The van der Waals surface area contributed by atoms with Crippen molar-refractivity contribution < 1.29 is 9.35 Å². The average Bonchev–Trinajstić information content (AvgIpc) is 2.54. The lowest BCUT2D eigenvalue weighted by Crippen LogP contribution is -2.11. The maximum absolute atomic E-state index is 11.9.